The highest BCUT2D eigenvalue weighted by Gasteiger charge is 2.33. The summed E-state index contributed by atoms with van der Waals surface area (Å²) < 4.78 is 37.3. The highest BCUT2D eigenvalue weighted by molar-refractivity contribution is 7.89. The number of methoxy groups -OCH3 is 2. The monoisotopic (exact) mass is 356 g/mol. The van der Waals surface area contributed by atoms with E-state index in [0.717, 1.165) is 0 Å². The maximum atomic E-state index is 12.8. The molecule has 1 aliphatic rings. The number of rotatable bonds is 5. The van der Waals surface area contributed by atoms with E-state index in [1.54, 1.807) is 25.1 Å². The van der Waals surface area contributed by atoms with Crippen LogP contribution in [0.3, 0.4) is 0 Å². The number of ether oxygens (including phenoxy) is 2. The van der Waals surface area contributed by atoms with Crippen LogP contribution in [0.5, 0.6) is 11.5 Å². The average molecular weight is 356 g/mol. The first kappa shape index (κ1) is 18.5. The molecule has 1 fully saturated rings. The van der Waals surface area contributed by atoms with E-state index in [1.807, 2.05) is 0 Å². The molecule has 0 spiro atoms. The van der Waals surface area contributed by atoms with E-state index in [-0.39, 0.29) is 16.7 Å². The van der Waals surface area contributed by atoms with E-state index in [2.05, 4.69) is 0 Å². The maximum Gasteiger partial charge on any atom is 0.243 e. The van der Waals surface area contributed by atoms with E-state index in [9.17, 15) is 13.2 Å². The molecular weight excluding hydrogens is 332 g/mol. The van der Waals surface area contributed by atoms with Gasteiger partial charge in [-0.15, -0.1) is 0 Å². The standard InChI is InChI=1S/C16H24N2O5S/c1-17(2)16(19)12-7-9-18(10-8-12)24(20,21)13-5-6-14(22-3)15(11-13)23-4/h5-6,11-12H,7-10H2,1-4H3. The Morgan fingerprint density at radius 1 is 1.12 bits per heavy atom. The van der Waals surface area contributed by atoms with Crippen molar-refractivity contribution in [2.75, 3.05) is 41.4 Å². The molecule has 0 aromatic heterocycles. The van der Waals surface area contributed by atoms with Crippen molar-refractivity contribution in [3.63, 3.8) is 0 Å². The fourth-order valence-electron chi connectivity index (χ4n) is 2.83. The van der Waals surface area contributed by atoms with Crippen molar-refractivity contribution in [1.29, 1.82) is 0 Å². The van der Waals surface area contributed by atoms with Crippen molar-refractivity contribution in [1.82, 2.24) is 9.21 Å². The van der Waals surface area contributed by atoms with E-state index in [4.69, 9.17) is 9.47 Å². The smallest absolute Gasteiger partial charge is 0.243 e. The van der Waals surface area contributed by atoms with Gasteiger partial charge in [0, 0.05) is 39.2 Å². The Labute approximate surface area is 143 Å². The number of hydrogen-bond acceptors (Lipinski definition) is 5. The predicted molar refractivity (Wildman–Crippen MR) is 89.7 cm³/mol. The van der Waals surface area contributed by atoms with Crippen LogP contribution < -0.4 is 9.47 Å². The molecule has 0 atom stereocenters. The van der Waals surface area contributed by atoms with Crippen LogP contribution in [-0.2, 0) is 14.8 Å². The lowest BCUT2D eigenvalue weighted by Gasteiger charge is -2.31. The van der Waals surface area contributed by atoms with Crippen molar-refractivity contribution in [2.45, 2.75) is 17.7 Å². The van der Waals surface area contributed by atoms with E-state index in [1.165, 1.54) is 30.7 Å². The van der Waals surface area contributed by atoms with E-state index < -0.39 is 10.0 Å². The molecule has 0 bridgehead atoms. The maximum absolute atomic E-state index is 12.8. The van der Waals surface area contributed by atoms with E-state index >= 15 is 0 Å². The number of nitrogens with zero attached hydrogens (tertiary/aromatic N) is 2. The lowest BCUT2D eigenvalue weighted by Crippen LogP contribution is -2.42. The summed E-state index contributed by atoms with van der Waals surface area (Å²) in [6.45, 7) is 0.669. The van der Waals surface area contributed by atoms with Crippen LogP contribution in [-0.4, -0.2) is 64.9 Å². The Morgan fingerprint density at radius 2 is 1.71 bits per heavy atom. The summed E-state index contributed by atoms with van der Waals surface area (Å²) in [5.74, 6) is 0.790. The second kappa shape index (κ2) is 7.40. The fraction of sp³-hybridized carbons (Fsp3) is 0.562. The predicted octanol–water partition coefficient (Wildman–Crippen LogP) is 1.19. The largest absolute Gasteiger partial charge is 0.493 e. The molecular formula is C16H24N2O5S. The molecule has 0 radical (unpaired) electrons. The summed E-state index contributed by atoms with van der Waals surface area (Å²) in [4.78, 5) is 13.7. The number of carbonyl (C=O) groups is 1. The first-order valence-electron chi connectivity index (χ1n) is 7.74. The van der Waals surface area contributed by atoms with Gasteiger partial charge in [-0.05, 0) is 25.0 Å². The van der Waals surface area contributed by atoms with Crippen LogP contribution in [0.2, 0.25) is 0 Å². The minimum atomic E-state index is -3.62. The van der Waals surface area contributed by atoms with E-state index in [0.29, 0.717) is 37.4 Å². The second-order valence-corrected chi connectivity index (χ2v) is 7.87. The zero-order chi connectivity index (χ0) is 17.9. The molecule has 24 heavy (non-hydrogen) atoms. The Bertz CT molecular complexity index is 694. The quantitative estimate of drug-likeness (QED) is 0.792. The summed E-state index contributed by atoms with van der Waals surface area (Å²) in [6, 6.07) is 4.55. The fourth-order valence-corrected chi connectivity index (χ4v) is 4.32. The number of hydrogen-bond donors (Lipinski definition) is 0. The van der Waals surface area contributed by atoms with Gasteiger partial charge in [-0.3, -0.25) is 4.79 Å². The van der Waals surface area contributed by atoms with Gasteiger partial charge >= 0.3 is 0 Å². The molecule has 1 aromatic carbocycles. The van der Waals surface area contributed by atoms with Gasteiger partial charge in [-0.25, -0.2) is 8.42 Å². The third kappa shape index (κ3) is 3.64. The first-order chi connectivity index (χ1) is 11.3. The molecule has 2 rings (SSSR count). The lowest BCUT2D eigenvalue weighted by molar-refractivity contribution is -0.134. The topological polar surface area (TPSA) is 76.2 Å². The summed E-state index contributed by atoms with van der Waals surface area (Å²) in [5.41, 5.74) is 0. The van der Waals surface area contributed by atoms with Gasteiger partial charge in [-0.1, -0.05) is 0 Å². The van der Waals surface area contributed by atoms with Crippen molar-refractivity contribution < 1.29 is 22.7 Å². The summed E-state index contributed by atoms with van der Waals surface area (Å²) >= 11 is 0. The molecule has 0 aliphatic carbocycles. The molecule has 0 saturated carbocycles. The van der Waals surface area contributed by atoms with Crippen LogP contribution in [0, 0.1) is 5.92 Å². The SMILES string of the molecule is COc1ccc(S(=O)(=O)N2CCC(C(=O)N(C)C)CC2)cc1OC. The molecule has 0 unspecified atom stereocenters. The van der Waals surface area contributed by atoms with Crippen molar-refractivity contribution >= 4 is 15.9 Å². The normalized spacial score (nSPS) is 16.7. The summed E-state index contributed by atoms with van der Waals surface area (Å²) in [6.07, 6.45) is 1.06. The van der Waals surface area contributed by atoms with Gasteiger partial charge in [0.1, 0.15) is 0 Å². The summed E-state index contributed by atoms with van der Waals surface area (Å²) in [5, 5.41) is 0. The minimum Gasteiger partial charge on any atom is -0.493 e. The number of carbonyl (C=O) groups excluding carboxylic acids is 1. The zero-order valence-corrected chi connectivity index (χ0v) is 15.3. The molecule has 7 nitrogen and oxygen atoms in total. The first-order valence-corrected chi connectivity index (χ1v) is 9.18. The van der Waals surface area contributed by atoms with Crippen LogP contribution >= 0.6 is 0 Å². The summed E-state index contributed by atoms with van der Waals surface area (Å²) in [7, 11) is 2.78. The third-order valence-corrected chi connectivity index (χ3v) is 6.13. The molecule has 1 aliphatic heterocycles. The highest BCUT2D eigenvalue weighted by atomic mass is 32.2. The molecule has 134 valence electrons. The Kier molecular flexibility index (Phi) is 5.71. The van der Waals surface area contributed by atoms with Gasteiger partial charge in [-0.2, -0.15) is 4.31 Å². The number of piperidine rings is 1. The van der Waals surface area contributed by atoms with Gasteiger partial charge in [0.2, 0.25) is 15.9 Å². The molecule has 1 amide bonds. The van der Waals surface area contributed by atoms with Crippen molar-refractivity contribution in [2.24, 2.45) is 5.92 Å². The molecule has 8 heteroatoms. The van der Waals surface area contributed by atoms with Gasteiger partial charge in [0.05, 0.1) is 19.1 Å². The molecule has 1 aromatic rings. The second-order valence-electron chi connectivity index (χ2n) is 5.93. The number of sulfonamides is 1. The van der Waals surface area contributed by atoms with Crippen LogP contribution in [0.1, 0.15) is 12.8 Å². The van der Waals surface area contributed by atoms with Gasteiger partial charge in [0.15, 0.2) is 11.5 Å². The van der Waals surface area contributed by atoms with Crippen molar-refractivity contribution in [3.05, 3.63) is 18.2 Å². The van der Waals surface area contributed by atoms with Crippen LogP contribution in [0.15, 0.2) is 23.1 Å². The van der Waals surface area contributed by atoms with Gasteiger partial charge in [0.25, 0.3) is 0 Å². The Hall–Kier alpha value is -1.80. The minimum absolute atomic E-state index is 0.0539. The Balaban J connectivity index is 2.16. The van der Waals surface area contributed by atoms with Gasteiger partial charge < -0.3 is 14.4 Å². The third-order valence-electron chi connectivity index (χ3n) is 4.24. The molecule has 0 N–H and O–H groups in total. The van der Waals surface area contributed by atoms with Crippen LogP contribution in [0.25, 0.3) is 0 Å². The Morgan fingerprint density at radius 3 is 2.21 bits per heavy atom. The molecule has 1 saturated heterocycles. The number of amides is 1. The highest BCUT2D eigenvalue weighted by Crippen LogP contribution is 2.32. The molecule has 1 heterocycles. The van der Waals surface area contributed by atoms with Crippen molar-refractivity contribution in [3.8, 4) is 11.5 Å². The zero-order valence-electron chi connectivity index (χ0n) is 14.5. The number of benzene rings is 1. The lowest BCUT2D eigenvalue weighted by atomic mass is 9.97. The van der Waals surface area contributed by atoms with Crippen LogP contribution in [0.4, 0.5) is 0 Å². The average Bonchev–Trinajstić information content (AvgIpc) is 2.60.